The van der Waals surface area contributed by atoms with Gasteiger partial charge in [-0.05, 0) is 48.1 Å². The van der Waals surface area contributed by atoms with Crippen molar-refractivity contribution in [1.82, 2.24) is 14.9 Å². The highest BCUT2D eigenvalue weighted by molar-refractivity contribution is 9.10. The number of aromatic nitrogens is 3. The quantitative estimate of drug-likeness (QED) is 0.310. The van der Waals surface area contributed by atoms with E-state index in [2.05, 4.69) is 92.9 Å². The molecule has 0 fully saturated rings. The summed E-state index contributed by atoms with van der Waals surface area (Å²) in [4.78, 5) is 1.24. The van der Waals surface area contributed by atoms with E-state index in [1.807, 2.05) is 10.9 Å². The lowest BCUT2D eigenvalue weighted by Crippen LogP contribution is -2.00. The number of halogens is 1. The molecule has 7 heteroatoms. The maximum Gasteiger partial charge on any atom is 0.212 e. The van der Waals surface area contributed by atoms with Crippen LogP contribution in [-0.2, 0) is 12.2 Å². The minimum atomic E-state index is 0.818. The summed E-state index contributed by atoms with van der Waals surface area (Å²) in [7, 11) is 0. The van der Waals surface area contributed by atoms with Crippen LogP contribution in [0.4, 0.5) is 0 Å². The second-order valence-corrected chi connectivity index (χ2v) is 8.63. The summed E-state index contributed by atoms with van der Waals surface area (Å²) in [6.07, 6.45) is 5.81. The highest BCUT2D eigenvalue weighted by Crippen LogP contribution is 2.23. The van der Waals surface area contributed by atoms with Crippen LogP contribution in [0.15, 0.2) is 68.2 Å². The van der Waals surface area contributed by atoms with E-state index in [9.17, 15) is 0 Å². The van der Waals surface area contributed by atoms with Gasteiger partial charge in [-0.3, -0.25) is 0 Å². The molecule has 0 saturated heterocycles. The van der Waals surface area contributed by atoms with Gasteiger partial charge in [-0.15, -0.1) is 22.0 Å². The first-order valence-electron chi connectivity index (χ1n) is 8.69. The highest BCUT2D eigenvalue weighted by atomic mass is 79.9. The number of hydrogen-bond donors (Lipinski definition) is 0. The Morgan fingerprint density at radius 2 is 1.81 bits per heavy atom. The standard InChI is InChI=1S/C20H21BrN4S2/c1-3-4-19-23-24-20(27-14-16-5-9-17(21)10-6-16)25(19)22-13-15-7-11-18(26-2)12-8-15/h5-13H,3-4,14H2,1-2H3/b22-13+. The van der Waals surface area contributed by atoms with Crippen LogP contribution in [0.5, 0.6) is 0 Å². The third kappa shape index (κ3) is 5.70. The van der Waals surface area contributed by atoms with Gasteiger partial charge in [0.2, 0.25) is 5.16 Å². The minimum Gasteiger partial charge on any atom is -0.191 e. The van der Waals surface area contributed by atoms with Crippen molar-refractivity contribution in [2.45, 2.75) is 35.6 Å². The lowest BCUT2D eigenvalue weighted by molar-refractivity contribution is 0.700. The molecule has 1 heterocycles. The molecule has 0 unspecified atom stereocenters. The van der Waals surface area contributed by atoms with Crippen molar-refractivity contribution in [3.8, 4) is 0 Å². The molecule has 0 N–H and O–H groups in total. The Morgan fingerprint density at radius 1 is 1.07 bits per heavy atom. The van der Waals surface area contributed by atoms with Crippen molar-refractivity contribution < 1.29 is 0 Å². The molecule has 0 bridgehead atoms. The van der Waals surface area contributed by atoms with Crippen molar-refractivity contribution in [1.29, 1.82) is 0 Å². The maximum absolute atomic E-state index is 4.67. The molecular weight excluding hydrogens is 440 g/mol. The number of hydrogen-bond acceptors (Lipinski definition) is 5. The largest absolute Gasteiger partial charge is 0.212 e. The van der Waals surface area contributed by atoms with Gasteiger partial charge in [0.25, 0.3) is 0 Å². The molecule has 0 aliphatic carbocycles. The van der Waals surface area contributed by atoms with Crippen molar-refractivity contribution in [3.63, 3.8) is 0 Å². The van der Waals surface area contributed by atoms with E-state index in [1.165, 1.54) is 10.5 Å². The van der Waals surface area contributed by atoms with Gasteiger partial charge < -0.3 is 0 Å². The molecule has 140 valence electrons. The Kier molecular flexibility index (Phi) is 7.55. The summed E-state index contributed by atoms with van der Waals surface area (Å²) in [6.45, 7) is 2.14. The van der Waals surface area contributed by atoms with Gasteiger partial charge >= 0.3 is 0 Å². The lowest BCUT2D eigenvalue weighted by atomic mass is 10.2. The van der Waals surface area contributed by atoms with E-state index in [4.69, 9.17) is 0 Å². The molecule has 0 spiro atoms. The van der Waals surface area contributed by atoms with E-state index >= 15 is 0 Å². The fraction of sp³-hybridized carbons (Fsp3) is 0.250. The summed E-state index contributed by atoms with van der Waals surface area (Å²) in [5.41, 5.74) is 2.30. The number of nitrogens with zero attached hydrogens (tertiary/aromatic N) is 4. The van der Waals surface area contributed by atoms with Gasteiger partial charge in [0.1, 0.15) is 0 Å². The Labute approximate surface area is 177 Å². The molecule has 0 radical (unpaired) electrons. The Balaban J connectivity index is 1.77. The van der Waals surface area contributed by atoms with Gasteiger partial charge in [-0.1, -0.05) is 58.9 Å². The number of aryl methyl sites for hydroxylation is 1. The molecule has 0 aliphatic rings. The Bertz CT molecular complexity index is 889. The van der Waals surface area contributed by atoms with Crippen molar-refractivity contribution >= 4 is 45.7 Å². The van der Waals surface area contributed by atoms with Crippen LogP contribution in [0.1, 0.15) is 30.3 Å². The van der Waals surface area contributed by atoms with Crippen molar-refractivity contribution in [2.75, 3.05) is 6.26 Å². The van der Waals surface area contributed by atoms with Gasteiger partial charge in [0, 0.05) is 21.5 Å². The van der Waals surface area contributed by atoms with Crippen molar-refractivity contribution in [2.24, 2.45) is 5.10 Å². The Morgan fingerprint density at radius 3 is 2.48 bits per heavy atom. The topological polar surface area (TPSA) is 43.1 Å². The molecular formula is C20H21BrN4S2. The third-order valence-electron chi connectivity index (χ3n) is 3.87. The Hall–Kier alpha value is -1.57. The highest BCUT2D eigenvalue weighted by Gasteiger charge is 2.11. The zero-order chi connectivity index (χ0) is 19.1. The zero-order valence-corrected chi connectivity index (χ0v) is 18.5. The first kappa shape index (κ1) is 20.2. The lowest BCUT2D eigenvalue weighted by Gasteiger charge is -2.04. The summed E-state index contributed by atoms with van der Waals surface area (Å²) < 4.78 is 2.96. The zero-order valence-electron chi connectivity index (χ0n) is 15.3. The summed E-state index contributed by atoms with van der Waals surface area (Å²) in [6, 6.07) is 16.7. The van der Waals surface area contributed by atoms with Crippen LogP contribution < -0.4 is 0 Å². The molecule has 2 aromatic carbocycles. The molecule has 4 nitrogen and oxygen atoms in total. The fourth-order valence-corrected chi connectivity index (χ4v) is 3.96. The molecule has 0 aliphatic heterocycles. The fourth-order valence-electron chi connectivity index (χ4n) is 2.42. The van der Waals surface area contributed by atoms with E-state index in [0.29, 0.717) is 0 Å². The van der Waals surface area contributed by atoms with Crippen LogP contribution in [-0.4, -0.2) is 27.3 Å². The molecule has 0 saturated carbocycles. The minimum absolute atomic E-state index is 0.818. The van der Waals surface area contributed by atoms with Gasteiger partial charge in [-0.25, -0.2) is 0 Å². The molecule has 3 rings (SSSR count). The third-order valence-corrected chi connectivity index (χ3v) is 6.13. The molecule has 0 atom stereocenters. The second kappa shape index (κ2) is 10.1. The van der Waals surface area contributed by atoms with Crippen LogP contribution in [0.2, 0.25) is 0 Å². The average Bonchev–Trinajstić information content (AvgIpc) is 3.08. The second-order valence-electron chi connectivity index (χ2n) is 5.89. The van der Waals surface area contributed by atoms with E-state index < -0.39 is 0 Å². The SMILES string of the molecule is CCCc1nnc(SCc2ccc(Br)cc2)n1/N=C/c1ccc(SC)cc1. The molecule has 27 heavy (non-hydrogen) atoms. The number of rotatable bonds is 8. The van der Waals surface area contributed by atoms with Crippen LogP contribution in [0.25, 0.3) is 0 Å². The normalized spacial score (nSPS) is 11.4. The first-order chi connectivity index (χ1) is 13.2. The van der Waals surface area contributed by atoms with Gasteiger partial charge in [0.15, 0.2) is 5.82 Å². The summed E-state index contributed by atoms with van der Waals surface area (Å²) >= 11 is 6.86. The monoisotopic (exact) mass is 460 g/mol. The van der Waals surface area contributed by atoms with Gasteiger partial charge in [-0.2, -0.15) is 9.78 Å². The van der Waals surface area contributed by atoms with E-state index in [1.54, 1.807) is 23.5 Å². The number of thioether (sulfide) groups is 2. The maximum atomic E-state index is 4.67. The first-order valence-corrected chi connectivity index (χ1v) is 11.7. The summed E-state index contributed by atoms with van der Waals surface area (Å²) in [5.74, 6) is 1.72. The summed E-state index contributed by atoms with van der Waals surface area (Å²) in [5, 5.41) is 14.2. The van der Waals surface area contributed by atoms with Crippen molar-refractivity contribution in [3.05, 3.63) is 70.0 Å². The molecule has 1 aromatic heterocycles. The predicted octanol–water partition coefficient (Wildman–Crippen LogP) is 5.89. The molecule has 3 aromatic rings. The molecule has 0 amide bonds. The number of benzene rings is 2. The van der Waals surface area contributed by atoms with Crippen LogP contribution in [0.3, 0.4) is 0 Å². The predicted molar refractivity (Wildman–Crippen MR) is 119 cm³/mol. The van der Waals surface area contributed by atoms with Crippen LogP contribution in [0, 0.1) is 0 Å². The van der Waals surface area contributed by atoms with Crippen LogP contribution >= 0.6 is 39.5 Å². The van der Waals surface area contributed by atoms with E-state index in [0.717, 1.165) is 39.6 Å². The van der Waals surface area contributed by atoms with E-state index in [-0.39, 0.29) is 0 Å². The van der Waals surface area contributed by atoms with Gasteiger partial charge in [0.05, 0.1) is 6.21 Å². The average molecular weight is 461 g/mol. The smallest absolute Gasteiger partial charge is 0.191 e.